The number of imidazole rings is 1. The Balaban J connectivity index is 1.15. The molecule has 0 amide bonds. The Bertz CT molecular complexity index is 4170. The van der Waals surface area contributed by atoms with Gasteiger partial charge in [0.2, 0.25) is 0 Å². The third kappa shape index (κ3) is 5.96. The van der Waals surface area contributed by atoms with Crippen molar-refractivity contribution in [1.29, 1.82) is 0 Å². The average Bonchev–Trinajstić information content (AvgIpc) is 4.09. The van der Waals surface area contributed by atoms with Gasteiger partial charge in [0.25, 0.3) is 0 Å². The van der Waals surface area contributed by atoms with Crippen LogP contribution in [0.2, 0.25) is 0 Å². The first kappa shape index (κ1) is 41.3. The Kier molecular flexibility index (Phi) is 8.51. The molecular formula is C62H53BN4S2. The largest absolute Gasteiger partial charge is 0.355 e. The Labute approximate surface area is 411 Å². The zero-order valence-electron chi connectivity index (χ0n) is 40.6. The maximum atomic E-state index is 5.38. The second kappa shape index (κ2) is 14.2. The number of aromatic nitrogens is 3. The van der Waals surface area contributed by atoms with Gasteiger partial charge in [0.05, 0.1) is 16.6 Å². The van der Waals surface area contributed by atoms with E-state index in [1.807, 2.05) is 22.7 Å². The minimum absolute atomic E-state index is 0.0482. The summed E-state index contributed by atoms with van der Waals surface area (Å²) in [4.78, 5) is 5.38. The molecule has 14 rings (SSSR count). The van der Waals surface area contributed by atoms with Gasteiger partial charge in [-0.3, -0.25) is 0 Å². The summed E-state index contributed by atoms with van der Waals surface area (Å²) in [5.41, 5.74) is 19.2. The summed E-state index contributed by atoms with van der Waals surface area (Å²) in [5, 5.41) is 12.1. The molecule has 0 bridgehead atoms. The van der Waals surface area contributed by atoms with Crippen molar-refractivity contribution in [3.63, 3.8) is 0 Å². The fraction of sp³-hybridized carbons (Fsp3) is 0.210. The third-order valence-electron chi connectivity index (χ3n) is 16.1. The molecule has 336 valence electrons. The molecule has 4 aromatic heterocycles. The Morgan fingerprint density at radius 1 is 0.638 bits per heavy atom. The van der Waals surface area contributed by atoms with Crippen molar-refractivity contribution in [3.05, 3.63) is 156 Å². The van der Waals surface area contributed by atoms with Crippen LogP contribution in [0.5, 0.6) is 0 Å². The van der Waals surface area contributed by atoms with Gasteiger partial charge in [-0.05, 0) is 117 Å². The van der Waals surface area contributed by atoms with E-state index >= 15 is 0 Å². The maximum Gasteiger partial charge on any atom is 0.198 e. The van der Waals surface area contributed by atoms with Gasteiger partial charge < -0.3 is 14.5 Å². The van der Waals surface area contributed by atoms with Crippen LogP contribution >= 0.6 is 22.7 Å². The molecule has 7 heteroatoms. The van der Waals surface area contributed by atoms with Crippen LogP contribution in [-0.4, -0.2) is 21.4 Å². The fourth-order valence-electron chi connectivity index (χ4n) is 12.3. The number of hydrogen-bond acceptors (Lipinski definition) is 4. The molecule has 0 unspecified atom stereocenters. The Morgan fingerprint density at radius 3 is 2.06 bits per heavy atom. The summed E-state index contributed by atoms with van der Waals surface area (Å²) in [6.45, 7) is 16.7. The molecule has 0 fully saturated rings. The number of benzene rings is 8. The van der Waals surface area contributed by atoms with Crippen LogP contribution in [0.4, 0.5) is 11.4 Å². The highest BCUT2D eigenvalue weighted by Crippen LogP contribution is 2.53. The van der Waals surface area contributed by atoms with Gasteiger partial charge in [-0.1, -0.05) is 133 Å². The minimum Gasteiger partial charge on any atom is -0.355 e. The third-order valence-corrected chi connectivity index (χ3v) is 18.5. The van der Waals surface area contributed by atoms with E-state index in [9.17, 15) is 0 Å². The lowest BCUT2D eigenvalue weighted by molar-refractivity contribution is 0.332. The molecule has 0 atom stereocenters. The number of anilines is 2. The Morgan fingerprint density at radius 2 is 1.32 bits per heavy atom. The molecule has 5 heterocycles. The van der Waals surface area contributed by atoms with Gasteiger partial charge in [-0.25, -0.2) is 4.98 Å². The molecule has 1 aliphatic heterocycles. The van der Waals surface area contributed by atoms with Crippen LogP contribution in [0.1, 0.15) is 78.0 Å². The summed E-state index contributed by atoms with van der Waals surface area (Å²) in [7, 11) is 2.97. The number of thiophene rings is 2. The van der Waals surface area contributed by atoms with Crippen LogP contribution in [0.15, 0.2) is 140 Å². The standard InChI is InChI=1S/C62H53BN4S2/c1-60(2,3)35-22-24-36(25-23-35)64-45-32-52-39(37-18-12-14-20-50(37)68-52)28-40(45)55-56-57-53(54-38-19-13-15-21-51(38)69-58(54)55)41-29-42-43(62(6,7)27-26-61(42,4)5)30-47(41)67(57)48-33-49-46(31-44(48)63-56)65-59(66(49)8)34-16-10-9-11-17-34/h9-25,28-33,63-64H,26-27H2,1-8H3. The number of nitrogens with zero attached hydrogens (tertiary/aromatic N) is 3. The zero-order chi connectivity index (χ0) is 46.9. The van der Waals surface area contributed by atoms with Crippen LogP contribution in [0.3, 0.4) is 0 Å². The van der Waals surface area contributed by atoms with Crippen molar-refractivity contribution in [2.24, 2.45) is 7.05 Å². The van der Waals surface area contributed by atoms with E-state index in [-0.39, 0.29) is 16.2 Å². The quantitative estimate of drug-likeness (QED) is 0.179. The van der Waals surface area contributed by atoms with Crippen LogP contribution in [0, 0.1) is 0 Å². The SMILES string of the molecule is Cn1c(-c2ccccc2)nc2cc3c(cc21)-n1c2cc4c(cc2c2c5c(sc6ccccc65)c(-c5cc6c(cc5Nc5ccc(C(C)(C)C)cc5)sc5ccccc56)c(c21)B3)C(C)(C)CCC4(C)C. The van der Waals surface area contributed by atoms with E-state index in [0.717, 1.165) is 47.5 Å². The van der Waals surface area contributed by atoms with E-state index in [4.69, 9.17) is 4.98 Å². The molecule has 0 spiro atoms. The van der Waals surface area contributed by atoms with Gasteiger partial charge in [0.1, 0.15) is 5.82 Å². The molecule has 69 heavy (non-hydrogen) atoms. The Hall–Kier alpha value is -6.67. The summed E-state index contributed by atoms with van der Waals surface area (Å²) >= 11 is 3.85. The predicted octanol–water partition coefficient (Wildman–Crippen LogP) is 15.8. The first-order valence-corrected chi connectivity index (χ1v) is 26.2. The van der Waals surface area contributed by atoms with E-state index in [2.05, 4.69) is 209 Å². The summed E-state index contributed by atoms with van der Waals surface area (Å²) < 4.78 is 10.3. The van der Waals surface area contributed by atoms with E-state index in [1.165, 1.54) is 113 Å². The van der Waals surface area contributed by atoms with Gasteiger partial charge in [-0.15, -0.1) is 22.7 Å². The van der Waals surface area contributed by atoms with Crippen molar-refractivity contribution in [1.82, 2.24) is 14.1 Å². The summed E-state index contributed by atoms with van der Waals surface area (Å²) in [6, 6.07) is 53.0. The molecule has 1 N–H and O–H groups in total. The van der Waals surface area contributed by atoms with Gasteiger partial charge in [0.15, 0.2) is 7.28 Å². The average molecular weight is 929 g/mol. The highest BCUT2D eigenvalue weighted by molar-refractivity contribution is 7.27. The fourth-order valence-corrected chi connectivity index (χ4v) is 14.7. The molecular weight excluding hydrogens is 876 g/mol. The normalized spacial score (nSPS) is 15.2. The van der Waals surface area contributed by atoms with Crippen molar-refractivity contribution in [3.8, 4) is 28.2 Å². The first-order chi connectivity index (χ1) is 33.2. The number of hydrogen-bond donors (Lipinski definition) is 1. The minimum atomic E-state index is 0.0482. The van der Waals surface area contributed by atoms with E-state index in [1.54, 1.807) is 0 Å². The zero-order valence-corrected chi connectivity index (χ0v) is 42.2. The summed E-state index contributed by atoms with van der Waals surface area (Å²) in [5.74, 6) is 0.987. The second-order valence-electron chi connectivity index (χ2n) is 22.3. The number of fused-ring (bicyclic) bond motifs is 14. The highest BCUT2D eigenvalue weighted by atomic mass is 32.1. The summed E-state index contributed by atoms with van der Waals surface area (Å²) in [6.07, 6.45) is 2.33. The lowest BCUT2D eigenvalue weighted by Crippen LogP contribution is -2.37. The predicted molar refractivity (Wildman–Crippen MR) is 302 cm³/mol. The molecule has 0 radical (unpaired) electrons. The molecule has 8 aromatic carbocycles. The van der Waals surface area contributed by atoms with E-state index in [0.29, 0.717) is 0 Å². The van der Waals surface area contributed by atoms with Gasteiger partial charge in [-0.2, -0.15) is 0 Å². The first-order valence-electron chi connectivity index (χ1n) is 24.6. The molecule has 0 saturated carbocycles. The highest BCUT2D eigenvalue weighted by Gasteiger charge is 2.39. The van der Waals surface area contributed by atoms with E-state index < -0.39 is 0 Å². The number of nitrogens with one attached hydrogen (secondary N) is 1. The molecule has 2 aliphatic rings. The van der Waals surface area contributed by atoms with Gasteiger partial charge >= 0.3 is 0 Å². The smallest absolute Gasteiger partial charge is 0.198 e. The molecule has 1 aliphatic carbocycles. The second-order valence-corrected chi connectivity index (χ2v) is 24.5. The van der Waals surface area contributed by atoms with Crippen molar-refractivity contribution in [2.45, 2.75) is 77.6 Å². The molecule has 4 nitrogen and oxygen atoms in total. The maximum absolute atomic E-state index is 5.38. The van der Waals surface area contributed by atoms with Gasteiger partial charge in [0, 0.05) is 91.9 Å². The topological polar surface area (TPSA) is 34.8 Å². The molecule has 0 saturated heterocycles. The van der Waals surface area contributed by atoms with Crippen molar-refractivity contribution >= 4 is 125 Å². The van der Waals surface area contributed by atoms with Crippen LogP contribution in [0.25, 0.3) is 101 Å². The molecule has 12 aromatic rings. The lowest BCUT2D eigenvalue weighted by atomic mass is 9.58. The number of rotatable bonds is 4. The number of aryl methyl sites for hydroxylation is 1. The van der Waals surface area contributed by atoms with Crippen LogP contribution < -0.4 is 16.2 Å². The van der Waals surface area contributed by atoms with Crippen molar-refractivity contribution < 1.29 is 0 Å². The lowest BCUT2D eigenvalue weighted by Gasteiger charge is -2.42. The monoisotopic (exact) mass is 928 g/mol. The van der Waals surface area contributed by atoms with Crippen LogP contribution in [-0.2, 0) is 23.3 Å². The van der Waals surface area contributed by atoms with Crippen molar-refractivity contribution in [2.75, 3.05) is 5.32 Å².